The number of likely N-dealkylation sites (N-methyl/N-ethyl adjacent to an activating group) is 1. The SMILES string of the molecule is CN(Cc1nc2ccccc2[nH]1)C(=O)c1ccc2c(c1)CN(C)C(=O)[C@H](CC(=O)[O-])N2. The van der Waals surface area contributed by atoms with Crippen LogP contribution in [-0.4, -0.2) is 57.7 Å². The number of hydrogen-bond acceptors (Lipinski definition) is 6. The van der Waals surface area contributed by atoms with Crippen LogP contribution >= 0.6 is 0 Å². The van der Waals surface area contributed by atoms with E-state index in [0.717, 1.165) is 16.6 Å². The van der Waals surface area contributed by atoms with Gasteiger partial charge in [0.15, 0.2) is 0 Å². The number of carboxylic acid groups (broad SMARTS) is 1. The van der Waals surface area contributed by atoms with Crippen LogP contribution in [0.25, 0.3) is 11.0 Å². The summed E-state index contributed by atoms with van der Waals surface area (Å²) in [6, 6.07) is 11.8. The number of benzene rings is 2. The predicted octanol–water partition coefficient (Wildman–Crippen LogP) is 0.728. The molecule has 0 radical (unpaired) electrons. The number of rotatable bonds is 5. The Morgan fingerprint density at radius 1 is 1.26 bits per heavy atom. The van der Waals surface area contributed by atoms with E-state index in [2.05, 4.69) is 15.3 Å². The van der Waals surface area contributed by atoms with Gasteiger partial charge >= 0.3 is 0 Å². The molecule has 160 valence electrons. The van der Waals surface area contributed by atoms with Crippen molar-refractivity contribution in [3.63, 3.8) is 0 Å². The van der Waals surface area contributed by atoms with Gasteiger partial charge in [-0.3, -0.25) is 9.59 Å². The number of fused-ring (bicyclic) bond motifs is 2. The summed E-state index contributed by atoms with van der Waals surface area (Å²) >= 11 is 0. The molecule has 0 unspecified atom stereocenters. The van der Waals surface area contributed by atoms with Crippen molar-refractivity contribution in [3.05, 3.63) is 59.4 Å². The van der Waals surface area contributed by atoms with E-state index in [0.29, 0.717) is 23.6 Å². The lowest BCUT2D eigenvalue weighted by molar-refractivity contribution is -0.305. The fourth-order valence-corrected chi connectivity index (χ4v) is 3.75. The number of aromatic amines is 1. The highest BCUT2D eigenvalue weighted by atomic mass is 16.4. The molecule has 31 heavy (non-hydrogen) atoms. The number of nitrogens with zero attached hydrogens (tertiary/aromatic N) is 3. The number of anilines is 1. The minimum absolute atomic E-state index is 0.187. The number of carbonyl (C=O) groups is 3. The summed E-state index contributed by atoms with van der Waals surface area (Å²) in [4.78, 5) is 47.1. The quantitative estimate of drug-likeness (QED) is 0.628. The number of aliphatic carboxylic acids is 1. The van der Waals surface area contributed by atoms with E-state index in [1.807, 2.05) is 24.3 Å². The van der Waals surface area contributed by atoms with Gasteiger partial charge in [-0.05, 0) is 35.9 Å². The maximum atomic E-state index is 13.0. The first-order valence-electron chi connectivity index (χ1n) is 9.85. The number of amides is 2. The number of nitrogens with one attached hydrogen (secondary N) is 2. The van der Waals surface area contributed by atoms with Crippen molar-refractivity contribution in [1.29, 1.82) is 0 Å². The summed E-state index contributed by atoms with van der Waals surface area (Å²) in [5, 5.41) is 14.0. The van der Waals surface area contributed by atoms with Crippen LogP contribution in [0.1, 0.15) is 28.2 Å². The van der Waals surface area contributed by atoms with E-state index in [1.54, 1.807) is 37.2 Å². The summed E-state index contributed by atoms with van der Waals surface area (Å²) in [5.41, 5.74) is 3.58. The molecule has 1 aliphatic rings. The minimum Gasteiger partial charge on any atom is -0.550 e. The van der Waals surface area contributed by atoms with Crippen LogP contribution in [-0.2, 0) is 22.7 Å². The van der Waals surface area contributed by atoms with Crippen molar-refractivity contribution in [2.24, 2.45) is 0 Å². The molecule has 1 aromatic heterocycles. The van der Waals surface area contributed by atoms with Crippen molar-refractivity contribution in [3.8, 4) is 0 Å². The van der Waals surface area contributed by atoms with Crippen LogP contribution in [0, 0.1) is 0 Å². The molecule has 0 saturated carbocycles. The molecule has 2 amide bonds. The highest BCUT2D eigenvalue weighted by Gasteiger charge is 2.28. The standard InChI is InChI=1S/C22H23N5O4/c1-26-11-14-9-13(7-8-15(14)23-18(22(26)31)10-20(28)29)21(30)27(2)12-19-24-16-5-3-4-6-17(16)25-19/h3-9,18,23H,10-12H2,1-2H3,(H,24,25)(H,28,29)/p-1/t18-/m0/s1. The lowest BCUT2D eigenvalue weighted by Crippen LogP contribution is -2.42. The van der Waals surface area contributed by atoms with E-state index in [1.165, 1.54) is 4.90 Å². The molecule has 0 aliphatic carbocycles. The van der Waals surface area contributed by atoms with Crippen molar-refractivity contribution in [2.75, 3.05) is 19.4 Å². The van der Waals surface area contributed by atoms with Gasteiger partial charge in [0.25, 0.3) is 5.91 Å². The highest BCUT2D eigenvalue weighted by molar-refractivity contribution is 5.95. The Morgan fingerprint density at radius 2 is 2.03 bits per heavy atom. The Balaban J connectivity index is 1.53. The molecule has 2 aromatic carbocycles. The minimum atomic E-state index is -1.30. The zero-order valence-electron chi connectivity index (χ0n) is 17.2. The molecule has 9 nitrogen and oxygen atoms in total. The van der Waals surface area contributed by atoms with Gasteiger partial charge in [-0.2, -0.15) is 0 Å². The van der Waals surface area contributed by atoms with Crippen LogP contribution in [0.5, 0.6) is 0 Å². The van der Waals surface area contributed by atoms with Crippen LogP contribution < -0.4 is 10.4 Å². The summed E-state index contributed by atoms with van der Waals surface area (Å²) in [6.07, 6.45) is -0.427. The van der Waals surface area contributed by atoms with E-state index in [4.69, 9.17) is 0 Å². The van der Waals surface area contributed by atoms with Gasteiger partial charge in [0.05, 0.1) is 17.6 Å². The average Bonchev–Trinajstić information content (AvgIpc) is 3.10. The molecule has 1 aliphatic heterocycles. The smallest absolute Gasteiger partial charge is 0.254 e. The zero-order valence-corrected chi connectivity index (χ0v) is 17.2. The fraction of sp³-hybridized carbons (Fsp3) is 0.273. The third-order valence-corrected chi connectivity index (χ3v) is 5.31. The molecule has 0 saturated heterocycles. The van der Waals surface area contributed by atoms with Gasteiger partial charge in [0.2, 0.25) is 5.91 Å². The molecule has 0 bridgehead atoms. The van der Waals surface area contributed by atoms with Gasteiger partial charge in [0.1, 0.15) is 11.9 Å². The second-order valence-corrected chi connectivity index (χ2v) is 7.70. The van der Waals surface area contributed by atoms with Gasteiger partial charge in [-0.1, -0.05) is 12.1 Å². The Hall–Kier alpha value is -3.88. The maximum Gasteiger partial charge on any atom is 0.254 e. The predicted molar refractivity (Wildman–Crippen MR) is 112 cm³/mol. The second kappa shape index (κ2) is 8.10. The van der Waals surface area contributed by atoms with Gasteiger partial charge < -0.3 is 30.0 Å². The number of hydrogen-bond donors (Lipinski definition) is 2. The largest absolute Gasteiger partial charge is 0.550 e. The van der Waals surface area contributed by atoms with Crippen LogP contribution in [0.4, 0.5) is 5.69 Å². The van der Waals surface area contributed by atoms with E-state index in [-0.39, 0.29) is 18.4 Å². The first-order chi connectivity index (χ1) is 14.8. The van der Waals surface area contributed by atoms with Gasteiger partial charge in [-0.25, -0.2) is 4.98 Å². The first-order valence-corrected chi connectivity index (χ1v) is 9.85. The molecular formula is C22H22N5O4-. The van der Waals surface area contributed by atoms with E-state index in [9.17, 15) is 19.5 Å². The number of carbonyl (C=O) groups excluding carboxylic acids is 3. The normalized spacial score (nSPS) is 15.9. The summed E-state index contributed by atoms with van der Waals surface area (Å²) in [6.45, 7) is 0.577. The Kier molecular flexibility index (Phi) is 5.33. The lowest BCUT2D eigenvalue weighted by atomic mass is 10.1. The van der Waals surface area contributed by atoms with Gasteiger partial charge in [-0.15, -0.1) is 0 Å². The summed E-state index contributed by atoms with van der Waals surface area (Å²) in [5.74, 6) is -1.14. The number of imidazole rings is 1. The number of para-hydroxylation sites is 2. The van der Waals surface area contributed by atoms with E-state index >= 15 is 0 Å². The zero-order chi connectivity index (χ0) is 22.1. The Labute approximate surface area is 178 Å². The molecule has 0 spiro atoms. The average molecular weight is 420 g/mol. The van der Waals surface area contributed by atoms with Gasteiger partial charge in [0, 0.05) is 44.3 Å². The Bertz CT molecular complexity index is 1140. The molecule has 9 heteroatoms. The molecule has 2 N–H and O–H groups in total. The van der Waals surface area contributed by atoms with Crippen molar-refractivity contribution in [1.82, 2.24) is 19.8 Å². The molecule has 0 fully saturated rings. The van der Waals surface area contributed by atoms with Crippen molar-refractivity contribution < 1.29 is 19.5 Å². The topological polar surface area (TPSA) is 121 Å². The lowest BCUT2D eigenvalue weighted by Gasteiger charge is -2.20. The molecule has 1 atom stereocenters. The molecule has 4 rings (SSSR count). The number of carboxylic acids is 1. The highest BCUT2D eigenvalue weighted by Crippen LogP contribution is 2.25. The second-order valence-electron chi connectivity index (χ2n) is 7.70. The summed E-state index contributed by atoms with van der Waals surface area (Å²) in [7, 11) is 3.30. The molecule has 2 heterocycles. The fourth-order valence-electron chi connectivity index (χ4n) is 3.75. The third-order valence-electron chi connectivity index (χ3n) is 5.31. The third kappa shape index (κ3) is 4.20. The number of aromatic nitrogens is 2. The summed E-state index contributed by atoms with van der Waals surface area (Å²) < 4.78 is 0. The maximum absolute atomic E-state index is 13.0. The molecular weight excluding hydrogens is 398 g/mol. The van der Waals surface area contributed by atoms with Crippen LogP contribution in [0.15, 0.2) is 42.5 Å². The Morgan fingerprint density at radius 3 is 2.77 bits per heavy atom. The number of H-pyrrole nitrogens is 1. The molecule has 3 aromatic rings. The first kappa shape index (κ1) is 20.4. The van der Waals surface area contributed by atoms with Crippen LogP contribution in [0.2, 0.25) is 0 Å². The monoisotopic (exact) mass is 420 g/mol. The van der Waals surface area contributed by atoms with E-state index < -0.39 is 18.4 Å². The van der Waals surface area contributed by atoms with Crippen molar-refractivity contribution >= 4 is 34.5 Å². The van der Waals surface area contributed by atoms with Crippen LogP contribution in [0.3, 0.4) is 0 Å². The van der Waals surface area contributed by atoms with Crippen molar-refractivity contribution in [2.45, 2.75) is 25.6 Å².